The molecule has 0 aliphatic carbocycles. The number of carboxylic acids is 1. The van der Waals surface area contributed by atoms with Crippen LogP contribution in [0.25, 0.3) is 0 Å². The van der Waals surface area contributed by atoms with Gasteiger partial charge in [0.2, 0.25) is 0 Å². The molecule has 0 aromatic heterocycles. The molecule has 0 spiro atoms. The van der Waals surface area contributed by atoms with Crippen molar-refractivity contribution in [1.29, 1.82) is 0 Å². The summed E-state index contributed by atoms with van der Waals surface area (Å²) in [6.07, 6.45) is 3.33. The maximum atomic E-state index is 11.5. The Morgan fingerprint density at radius 1 is 1.30 bits per heavy atom. The molecule has 0 amide bonds. The lowest BCUT2D eigenvalue weighted by atomic mass is 9.76. The second kappa shape index (κ2) is 6.40. The molecule has 1 aliphatic heterocycles. The molecule has 1 aromatic carbocycles. The minimum atomic E-state index is -0.615. The summed E-state index contributed by atoms with van der Waals surface area (Å²) in [7, 11) is 0. The molecule has 0 saturated carbocycles. The number of carboxylic acid groups (broad SMARTS) is 1. The molecule has 3 heteroatoms. The van der Waals surface area contributed by atoms with Gasteiger partial charge in [0.1, 0.15) is 0 Å². The lowest BCUT2D eigenvalue weighted by Crippen LogP contribution is -2.47. The number of hydrogen-bond acceptors (Lipinski definition) is 2. The first kappa shape index (κ1) is 15.0. The van der Waals surface area contributed by atoms with E-state index in [0.717, 1.165) is 38.8 Å². The molecule has 1 saturated heterocycles. The van der Waals surface area contributed by atoms with E-state index in [2.05, 4.69) is 36.1 Å². The van der Waals surface area contributed by atoms with Crippen LogP contribution in [0.5, 0.6) is 0 Å². The Morgan fingerprint density at radius 2 is 1.90 bits per heavy atom. The van der Waals surface area contributed by atoms with E-state index in [1.165, 1.54) is 5.56 Å². The number of nitrogens with zero attached hydrogens (tertiary/aromatic N) is 1. The molecule has 1 aromatic rings. The fraction of sp³-hybridized carbons (Fsp3) is 0.588. The smallest absolute Gasteiger partial charge is 0.309 e. The van der Waals surface area contributed by atoms with Crippen molar-refractivity contribution in [3.05, 3.63) is 35.9 Å². The quantitative estimate of drug-likeness (QED) is 0.897. The molecule has 1 N–H and O–H groups in total. The van der Waals surface area contributed by atoms with E-state index >= 15 is 0 Å². The highest BCUT2D eigenvalue weighted by Gasteiger charge is 2.40. The minimum absolute atomic E-state index is 0.473. The third-order valence-electron chi connectivity index (χ3n) is 4.88. The topological polar surface area (TPSA) is 40.5 Å². The van der Waals surface area contributed by atoms with Gasteiger partial charge in [0.05, 0.1) is 5.41 Å². The van der Waals surface area contributed by atoms with E-state index < -0.39 is 11.4 Å². The summed E-state index contributed by atoms with van der Waals surface area (Å²) in [5, 5.41) is 9.43. The average Bonchev–Trinajstić information content (AvgIpc) is 2.48. The molecule has 0 bridgehead atoms. The van der Waals surface area contributed by atoms with E-state index in [1.807, 2.05) is 13.0 Å². The Kier molecular flexibility index (Phi) is 4.81. The molecule has 1 fully saturated rings. The first-order valence-corrected chi connectivity index (χ1v) is 7.59. The second-order valence-corrected chi connectivity index (χ2v) is 6.01. The van der Waals surface area contributed by atoms with Crippen molar-refractivity contribution < 1.29 is 9.90 Å². The van der Waals surface area contributed by atoms with Crippen molar-refractivity contribution in [2.75, 3.05) is 13.1 Å². The zero-order valence-corrected chi connectivity index (χ0v) is 12.5. The van der Waals surface area contributed by atoms with Crippen molar-refractivity contribution in [2.24, 2.45) is 5.41 Å². The molecule has 20 heavy (non-hydrogen) atoms. The van der Waals surface area contributed by atoms with Gasteiger partial charge in [-0.25, -0.2) is 0 Å². The standard InChI is InChI=1S/C17H25NO2/c1-3-17(16(19)20)9-11-18(12-10-17)14(2)13-15-7-5-4-6-8-15/h4-8,14H,3,9-13H2,1-2H3,(H,19,20). The molecule has 0 radical (unpaired) electrons. The Balaban J connectivity index is 1.92. The Morgan fingerprint density at radius 3 is 2.40 bits per heavy atom. The third-order valence-corrected chi connectivity index (χ3v) is 4.88. The van der Waals surface area contributed by atoms with Crippen LogP contribution in [0.15, 0.2) is 30.3 Å². The lowest BCUT2D eigenvalue weighted by molar-refractivity contribution is -0.152. The molecule has 1 aliphatic rings. The first-order chi connectivity index (χ1) is 9.57. The monoisotopic (exact) mass is 275 g/mol. The lowest BCUT2D eigenvalue weighted by Gasteiger charge is -2.41. The first-order valence-electron chi connectivity index (χ1n) is 7.59. The summed E-state index contributed by atoms with van der Waals surface area (Å²) in [5.41, 5.74) is 0.869. The number of rotatable bonds is 5. The number of aliphatic carboxylic acids is 1. The summed E-state index contributed by atoms with van der Waals surface area (Å²) in [6, 6.07) is 11.0. The predicted molar refractivity (Wildman–Crippen MR) is 80.8 cm³/mol. The van der Waals surface area contributed by atoms with Crippen LogP contribution in [0.3, 0.4) is 0 Å². The zero-order chi connectivity index (χ0) is 14.6. The van der Waals surface area contributed by atoms with E-state index in [9.17, 15) is 9.90 Å². The summed E-state index contributed by atoms with van der Waals surface area (Å²) < 4.78 is 0. The van der Waals surface area contributed by atoms with Gasteiger partial charge in [-0.3, -0.25) is 4.79 Å². The van der Waals surface area contributed by atoms with Gasteiger partial charge < -0.3 is 10.0 Å². The number of likely N-dealkylation sites (tertiary alicyclic amines) is 1. The molecule has 1 atom stereocenters. The van der Waals surface area contributed by atoms with Crippen LogP contribution >= 0.6 is 0 Å². The van der Waals surface area contributed by atoms with Gasteiger partial charge >= 0.3 is 5.97 Å². The van der Waals surface area contributed by atoms with Gasteiger partial charge in [-0.2, -0.15) is 0 Å². The molecule has 3 nitrogen and oxygen atoms in total. The van der Waals surface area contributed by atoms with Gasteiger partial charge in [0.15, 0.2) is 0 Å². The molecule has 1 heterocycles. The van der Waals surface area contributed by atoms with Crippen molar-refractivity contribution in [1.82, 2.24) is 4.90 Å². The van der Waals surface area contributed by atoms with Crippen molar-refractivity contribution in [3.8, 4) is 0 Å². The third kappa shape index (κ3) is 3.21. The van der Waals surface area contributed by atoms with Crippen LogP contribution in [0, 0.1) is 5.41 Å². The summed E-state index contributed by atoms with van der Waals surface area (Å²) in [5.74, 6) is -0.615. The van der Waals surface area contributed by atoms with Crippen LogP contribution in [0.2, 0.25) is 0 Å². The van der Waals surface area contributed by atoms with Crippen molar-refractivity contribution in [3.63, 3.8) is 0 Å². The summed E-state index contributed by atoms with van der Waals surface area (Å²) in [6.45, 7) is 6.03. The van der Waals surface area contributed by atoms with E-state index in [1.54, 1.807) is 0 Å². The second-order valence-electron chi connectivity index (χ2n) is 6.01. The maximum Gasteiger partial charge on any atom is 0.309 e. The van der Waals surface area contributed by atoms with Gasteiger partial charge in [-0.05, 0) is 51.3 Å². The fourth-order valence-electron chi connectivity index (χ4n) is 3.20. The largest absolute Gasteiger partial charge is 0.481 e. The number of hydrogen-bond donors (Lipinski definition) is 1. The highest BCUT2D eigenvalue weighted by atomic mass is 16.4. The number of piperidine rings is 1. The zero-order valence-electron chi connectivity index (χ0n) is 12.5. The van der Waals surface area contributed by atoms with Crippen LogP contribution in [-0.2, 0) is 11.2 Å². The van der Waals surface area contributed by atoms with Crippen LogP contribution in [-0.4, -0.2) is 35.1 Å². The van der Waals surface area contributed by atoms with Crippen molar-refractivity contribution in [2.45, 2.75) is 45.6 Å². The Hall–Kier alpha value is -1.35. The van der Waals surface area contributed by atoms with Gasteiger partial charge in [-0.15, -0.1) is 0 Å². The van der Waals surface area contributed by atoms with Gasteiger partial charge in [0, 0.05) is 6.04 Å². The summed E-state index contributed by atoms with van der Waals surface area (Å²) >= 11 is 0. The highest BCUT2D eigenvalue weighted by Crippen LogP contribution is 2.35. The maximum absolute atomic E-state index is 11.5. The van der Waals surface area contributed by atoms with Crippen LogP contribution < -0.4 is 0 Å². The van der Waals surface area contributed by atoms with E-state index in [4.69, 9.17) is 0 Å². The molecule has 1 unspecified atom stereocenters. The van der Waals surface area contributed by atoms with Crippen molar-refractivity contribution >= 4 is 5.97 Å². The normalized spacial score (nSPS) is 20.5. The fourth-order valence-corrected chi connectivity index (χ4v) is 3.20. The predicted octanol–water partition coefficient (Wildman–Crippen LogP) is 3.19. The van der Waals surface area contributed by atoms with Gasteiger partial charge in [0.25, 0.3) is 0 Å². The Labute approximate surface area is 121 Å². The SMILES string of the molecule is CCC1(C(=O)O)CCN(C(C)Cc2ccccc2)CC1. The Bertz CT molecular complexity index is 436. The molecular formula is C17H25NO2. The molecule has 2 rings (SSSR count). The van der Waals surface area contributed by atoms with Crippen LogP contribution in [0.4, 0.5) is 0 Å². The highest BCUT2D eigenvalue weighted by molar-refractivity contribution is 5.74. The summed E-state index contributed by atoms with van der Waals surface area (Å²) in [4.78, 5) is 13.9. The number of benzene rings is 1. The molecular weight excluding hydrogens is 250 g/mol. The average molecular weight is 275 g/mol. The minimum Gasteiger partial charge on any atom is -0.481 e. The van der Waals surface area contributed by atoms with Crippen LogP contribution in [0.1, 0.15) is 38.7 Å². The molecule has 110 valence electrons. The van der Waals surface area contributed by atoms with E-state index in [0.29, 0.717) is 6.04 Å². The van der Waals surface area contributed by atoms with E-state index in [-0.39, 0.29) is 0 Å². The number of carbonyl (C=O) groups is 1. The van der Waals surface area contributed by atoms with Gasteiger partial charge in [-0.1, -0.05) is 37.3 Å².